The Hall–Kier alpha value is -0.0800. The molecule has 0 aromatic heterocycles. The second kappa shape index (κ2) is 25.3. The minimum atomic E-state index is -0.851. The maximum absolute atomic E-state index is 11.8. The number of rotatable bonds is 26. The molecule has 5 nitrogen and oxygen atoms in total. The molecule has 0 N–H and O–H groups in total. The molecule has 0 amide bonds. The number of ether oxygens (including phenoxy) is 3. The van der Waals surface area contributed by atoms with E-state index in [-0.39, 0.29) is 0 Å². The highest BCUT2D eigenvalue weighted by Gasteiger charge is 2.32. The summed E-state index contributed by atoms with van der Waals surface area (Å²) in [7, 11) is 0. The molecule has 1 aliphatic carbocycles. The van der Waals surface area contributed by atoms with Gasteiger partial charge in [-0.05, 0) is 70.6 Å². The van der Waals surface area contributed by atoms with Gasteiger partial charge in [-0.25, -0.2) is 0 Å². The van der Waals surface area contributed by atoms with Crippen molar-refractivity contribution in [2.45, 2.75) is 156 Å². The topological polar surface area (TPSA) is 61.8 Å². The fraction of sp³-hybridized carbons (Fsp3) is 0.941. The molecule has 0 saturated heterocycles. The van der Waals surface area contributed by atoms with Gasteiger partial charge in [0.1, 0.15) is 0 Å². The number of unbranched alkanes of at least 4 members (excludes halogenated alkanes) is 8. The Morgan fingerprint density at radius 1 is 0.610 bits per heavy atom. The summed E-state index contributed by atoms with van der Waals surface area (Å²) in [6.07, 6.45) is 21.4. The smallest absolute Gasteiger partial charge is 0.282 e. The molecule has 0 aromatic rings. The van der Waals surface area contributed by atoms with Crippen molar-refractivity contribution in [3.63, 3.8) is 0 Å². The number of carbonyl (C=O) groups is 2. The highest BCUT2D eigenvalue weighted by molar-refractivity contribution is 8.13. The third-order valence-electron chi connectivity index (χ3n) is 8.52. The van der Waals surface area contributed by atoms with Crippen LogP contribution in [-0.2, 0) is 23.8 Å². The van der Waals surface area contributed by atoms with Crippen molar-refractivity contribution in [1.29, 1.82) is 0 Å². The third kappa shape index (κ3) is 18.4. The summed E-state index contributed by atoms with van der Waals surface area (Å²) in [6.45, 7) is 11.7. The van der Waals surface area contributed by atoms with Crippen molar-refractivity contribution in [3.05, 3.63) is 0 Å². The number of carbonyl (C=O) groups excluding carboxylic acids is 2. The van der Waals surface area contributed by atoms with Gasteiger partial charge in [-0.2, -0.15) is 0 Å². The lowest BCUT2D eigenvalue weighted by Crippen LogP contribution is -2.39. The second-order valence-electron chi connectivity index (χ2n) is 11.6. The molecule has 0 aliphatic heterocycles. The molecule has 1 saturated carbocycles. The van der Waals surface area contributed by atoms with Crippen LogP contribution in [0.1, 0.15) is 150 Å². The van der Waals surface area contributed by atoms with Crippen LogP contribution in [0.2, 0.25) is 0 Å². The SMILES string of the molecule is CCOC(CCCCCCCCCCCC1CCC(CCSC(=O)CC)CC1CCSC(=O)CC)(OCC)OCC. The molecule has 0 radical (unpaired) electrons. The molecule has 3 unspecified atom stereocenters. The van der Waals surface area contributed by atoms with Crippen molar-refractivity contribution in [2.24, 2.45) is 17.8 Å². The molecule has 7 heteroatoms. The average Bonchev–Trinajstić information content (AvgIpc) is 2.96. The normalized spacial score (nSPS) is 19.5. The molecule has 1 aliphatic rings. The van der Waals surface area contributed by atoms with Crippen molar-refractivity contribution < 1.29 is 23.8 Å². The summed E-state index contributed by atoms with van der Waals surface area (Å²) in [6, 6.07) is 0. The summed E-state index contributed by atoms with van der Waals surface area (Å²) >= 11 is 3.07. The van der Waals surface area contributed by atoms with Crippen molar-refractivity contribution in [3.8, 4) is 0 Å². The van der Waals surface area contributed by atoms with Gasteiger partial charge in [-0.3, -0.25) is 9.59 Å². The molecule has 0 spiro atoms. The first-order valence-corrected chi connectivity index (χ1v) is 19.1. The Bertz CT molecular complexity index is 642. The van der Waals surface area contributed by atoms with Crippen molar-refractivity contribution >= 4 is 33.8 Å². The Labute approximate surface area is 262 Å². The quantitative estimate of drug-likeness (QED) is 0.0708. The van der Waals surface area contributed by atoms with Crippen LogP contribution in [0.5, 0.6) is 0 Å². The second-order valence-corrected chi connectivity index (χ2v) is 13.9. The van der Waals surface area contributed by atoms with Gasteiger partial charge < -0.3 is 14.2 Å². The number of hydrogen-bond donors (Lipinski definition) is 0. The van der Waals surface area contributed by atoms with Crippen LogP contribution >= 0.6 is 23.5 Å². The van der Waals surface area contributed by atoms with Gasteiger partial charge >= 0.3 is 0 Å². The lowest BCUT2D eigenvalue weighted by atomic mass is 9.70. The first kappa shape index (κ1) is 38.9. The molecule has 0 aromatic carbocycles. The average molecular weight is 617 g/mol. The van der Waals surface area contributed by atoms with E-state index in [0.717, 1.165) is 42.1 Å². The van der Waals surface area contributed by atoms with Gasteiger partial charge in [0.15, 0.2) is 10.2 Å². The molecule has 1 rings (SSSR count). The summed E-state index contributed by atoms with van der Waals surface area (Å²) in [5, 5.41) is 0.659. The minimum Gasteiger partial charge on any atom is -0.328 e. The first-order chi connectivity index (χ1) is 19.9. The highest BCUT2D eigenvalue weighted by Crippen LogP contribution is 2.41. The van der Waals surface area contributed by atoms with E-state index in [1.54, 1.807) is 11.8 Å². The molecule has 0 bridgehead atoms. The van der Waals surface area contributed by atoms with Crippen LogP contribution in [0, 0.1) is 17.8 Å². The van der Waals surface area contributed by atoms with E-state index >= 15 is 0 Å². The van der Waals surface area contributed by atoms with Gasteiger partial charge in [-0.15, -0.1) is 0 Å². The van der Waals surface area contributed by atoms with Gasteiger partial charge in [0.2, 0.25) is 0 Å². The Morgan fingerprint density at radius 2 is 1.10 bits per heavy atom. The van der Waals surface area contributed by atoms with E-state index in [1.807, 2.05) is 34.6 Å². The molecule has 242 valence electrons. The Morgan fingerprint density at radius 3 is 1.61 bits per heavy atom. The summed E-state index contributed by atoms with van der Waals surface area (Å²) in [4.78, 5) is 23.5. The lowest BCUT2D eigenvalue weighted by Gasteiger charge is -2.36. The van der Waals surface area contributed by atoms with Crippen LogP contribution in [-0.4, -0.2) is 47.5 Å². The van der Waals surface area contributed by atoms with E-state index in [4.69, 9.17) is 14.2 Å². The molecular weight excluding hydrogens is 553 g/mol. The predicted molar refractivity (Wildman–Crippen MR) is 177 cm³/mol. The van der Waals surface area contributed by atoms with E-state index in [0.29, 0.717) is 42.9 Å². The van der Waals surface area contributed by atoms with Crippen LogP contribution in [0.3, 0.4) is 0 Å². The maximum atomic E-state index is 11.8. The molecule has 3 atom stereocenters. The molecular formula is C34H64O5S2. The van der Waals surface area contributed by atoms with Crippen LogP contribution in [0.15, 0.2) is 0 Å². The maximum Gasteiger partial charge on any atom is 0.282 e. The van der Waals surface area contributed by atoms with Gasteiger partial charge in [0, 0.05) is 50.6 Å². The van der Waals surface area contributed by atoms with Crippen molar-refractivity contribution in [2.75, 3.05) is 31.3 Å². The Kier molecular flexibility index (Phi) is 24.0. The van der Waals surface area contributed by atoms with E-state index in [1.165, 1.54) is 102 Å². The zero-order chi connectivity index (χ0) is 30.2. The van der Waals surface area contributed by atoms with E-state index in [2.05, 4.69) is 0 Å². The predicted octanol–water partition coefficient (Wildman–Crippen LogP) is 10.2. The lowest BCUT2D eigenvalue weighted by molar-refractivity contribution is -0.380. The third-order valence-corrected chi connectivity index (χ3v) is 10.6. The van der Waals surface area contributed by atoms with Gasteiger partial charge in [0.05, 0.1) is 0 Å². The standard InChI is InChI=1S/C34H64O5S2/c1-6-32(35)40-26-23-29-21-22-30(31(28-29)24-27-41-33(36)7-2)20-18-16-14-12-11-13-15-17-19-25-34(37-8-3,38-9-4)39-10-5/h29-31H,6-28H2,1-5H3. The van der Waals surface area contributed by atoms with Gasteiger partial charge in [0.25, 0.3) is 5.97 Å². The minimum absolute atomic E-state index is 0.327. The monoisotopic (exact) mass is 616 g/mol. The molecule has 41 heavy (non-hydrogen) atoms. The fourth-order valence-corrected chi connectivity index (χ4v) is 8.01. The zero-order valence-electron chi connectivity index (χ0n) is 27.4. The fourth-order valence-electron chi connectivity index (χ4n) is 6.27. The van der Waals surface area contributed by atoms with Crippen LogP contribution < -0.4 is 0 Å². The zero-order valence-corrected chi connectivity index (χ0v) is 29.0. The largest absolute Gasteiger partial charge is 0.328 e. The van der Waals surface area contributed by atoms with E-state index in [9.17, 15) is 9.59 Å². The Balaban J connectivity index is 2.25. The first-order valence-electron chi connectivity index (χ1n) is 17.2. The summed E-state index contributed by atoms with van der Waals surface area (Å²) < 4.78 is 17.5. The summed E-state index contributed by atoms with van der Waals surface area (Å²) in [5.41, 5.74) is 0. The van der Waals surface area contributed by atoms with Crippen LogP contribution in [0.4, 0.5) is 0 Å². The van der Waals surface area contributed by atoms with E-state index < -0.39 is 5.97 Å². The molecule has 1 fully saturated rings. The summed E-state index contributed by atoms with van der Waals surface area (Å²) in [5.74, 6) is 3.45. The van der Waals surface area contributed by atoms with Crippen LogP contribution in [0.25, 0.3) is 0 Å². The molecule has 0 heterocycles. The number of thioether (sulfide) groups is 2. The number of hydrogen-bond acceptors (Lipinski definition) is 7. The highest BCUT2D eigenvalue weighted by atomic mass is 32.2. The van der Waals surface area contributed by atoms with Gasteiger partial charge in [-0.1, -0.05) is 102 Å². The van der Waals surface area contributed by atoms with Crippen molar-refractivity contribution in [1.82, 2.24) is 0 Å².